The predicted octanol–water partition coefficient (Wildman–Crippen LogP) is 3.44. The van der Waals surface area contributed by atoms with E-state index >= 15 is 0 Å². The third-order valence-electron chi connectivity index (χ3n) is 3.52. The third kappa shape index (κ3) is 11.8. The Morgan fingerprint density at radius 2 is 1.03 bits per heavy atom. The molecule has 0 heterocycles. The Bertz CT molecular complexity index is 583. The molecule has 0 fully saturated rings. The Balaban J connectivity index is 0.000000523. The van der Waals surface area contributed by atoms with Crippen LogP contribution in [0.15, 0.2) is 36.4 Å². The first-order valence-corrected chi connectivity index (χ1v) is 9.08. The Morgan fingerprint density at radius 1 is 0.621 bits per heavy atom. The van der Waals surface area contributed by atoms with Gasteiger partial charge in [0.25, 0.3) is 0 Å². The minimum Gasteiger partial charge on any atom is -0.547 e. The Labute approximate surface area is 190 Å². The summed E-state index contributed by atoms with van der Waals surface area (Å²) in [6.07, 6.45) is 1.74. The average Bonchev–Trinajstić information content (AvgIpc) is 2.75. The van der Waals surface area contributed by atoms with Crippen molar-refractivity contribution in [2.45, 2.75) is 12.8 Å². The van der Waals surface area contributed by atoms with Gasteiger partial charge in [-0.05, 0) is 0 Å². The number of benzene rings is 2. The summed E-state index contributed by atoms with van der Waals surface area (Å²) < 4.78 is 31.1. The van der Waals surface area contributed by atoms with E-state index in [0.29, 0.717) is 26.4 Å². The average molecular weight is 415 g/mol. The SMILES string of the molecule is COCCCOc1c[c-]ccc1OC.COCCCOc1c[c-]ccc1OC.[Mg+2]. The van der Waals surface area contributed by atoms with Gasteiger partial charge in [-0.1, -0.05) is 0 Å². The summed E-state index contributed by atoms with van der Waals surface area (Å²) in [5, 5.41) is 0. The van der Waals surface area contributed by atoms with Crippen molar-refractivity contribution in [2.75, 3.05) is 54.9 Å². The first kappa shape index (κ1) is 27.3. The fourth-order valence-corrected chi connectivity index (χ4v) is 2.14. The predicted molar refractivity (Wildman–Crippen MR) is 113 cm³/mol. The standard InChI is InChI=1S/2C11H15O3.Mg/c2*1-12-8-5-9-14-11-7-4-3-6-10(11)13-2;/h2*3,6-7H,5,8-9H2,1-2H3;/q2*-1;+2. The molecule has 0 radical (unpaired) electrons. The van der Waals surface area contributed by atoms with Crippen molar-refractivity contribution >= 4 is 23.1 Å². The van der Waals surface area contributed by atoms with Crippen LogP contribution in [-0.4, -0.2) is 77.9 Å². The number of ether oxygens (including phenoxy) is 6. The van der Waals surface area contributed by atoms with Crippen LogP contribution in [0.25, 0.3) is 0 Å². The zero-order valence-electron chi connectivity index (χ0n) is 17.9. The van der Waals surface area contributed by atoms with Crippen LogP contribution in [-0.2, 0) is 9.47 Å². The van der Waals surface area contributed by atoms with Gasteiger partial charge in [0, 0.05) is 51.8 Å². The minimum absolute atomic E-state index is 0. The topological polar surface area (TPSA) is 55.4 Å². The molecule has 7 heteroatoms. The first-order chi connectivity index (χ1) is 13.8. The summed E-state index contributed by atoms with van der Waals surface area (Å²) in [4.78, 5) is 0. The normalized spacial score (nSPS) is 9.52. The molecule has 0 atom stereocenters. The molecule has 0 saturated heterocycles. The molecule has 2 aromatic rings. The summed E-state index contributed by atoms with van der Waals surface area (Å²) in [5.41, 5.74) is 0. The second-order valence-corrected chi connectivity index (χ2v) is 5.54. The van der Waals surface area contributed by atoms with Gasteiger partial charge in [0.2, 0.25) is 0 Å². The van der Waals surface area contributed by atoms with Gasteiger partial charge in [-0.2, -0.15) is 24.3 Å². The maximum Gasteiger partial charge on any atom is 2.00 e. The molecule has 0 aliphatic carbocycles. The summed E-state index contributed by atoms with van der Waals surface area (Å²) in [5.74, 6) is 2.93. The molecule has 0 amide bonds. The van der Waals surface area contributed by atoms with Crippen molar-refractivity contribution in [3.05, 3.63) is 48.5 Å². The Morgan fingerprint density at radius 3 is 1.38 bits per heavy atom. The molecule has 0 saturated carbocycles. The van der Waals surface area contributed by atoms with E-state index in [4.69, 9.17) is 28.4 Å². The zero-order chi connectivity index (χ0) is 20.5. The van der Waals surface area contributed by atoms with Crippen LogP contribution in [0.4, 0.5) is 0 Å². The van der Waals surface area contributed by atoms with Crippen molar-refractivity contribution in [1.82, 2.24) is 0 Å². The van der Waals surface area contributed by atoms with Gasteiger partial charge in [-0.15, -0.1) is 24.3 Å². The van der Waals surface area contributed by atoms with E-state index in [9.17, 15) is 0 Å². The summed E-state index contributed by atoms with van der Waals surface area (Å²) in [7, 11) is 6.60. The maximum absolute atomic E-state index is 5.49. The smallest absolute Gasteiger partial charge is 0.547 e. The van der Waals surface area contributed by atoms with E-state index in [1.54, 1.807) is 52.7 Å². The van der Waals surface area contributed by atoms with E-state index in [2.05, 4.69) is 12.1 Å². The Kier molecular flexibility index (Phi) is 17.3. The molecule has 0 unspecified atom stereocenters. The van der Waals surface area contributed by atoms with Gasteiger partial charge >= 0.3 is 23.1 Å². The van der Waals surface area contributed by atoms with Gasteiger partial charge in [0.15, 0.2) is 0 Å². The fourth-order valence-electron chi connectivity index (χ4n) is 2.14. The van der Waals surface area contributed by atoms with Crippen LogP contribution in [0.3, 0.4) is 0 Å². The Hall–Kier alpha value is -1.67. The van der Waals surface area contributed by atoms with E-state index in [1.165, 1.54) is 0 Å². The fraction of sp³-hybridized carbons (Fsp3) is 0.455. The quantitative estimate of drug-likeness (QED) is 0.301. The van der Waals surface area contributed by atoms with Gasteiger partial charge in [0.1, 0.15) is 0 Å². The van der Waals surface area contributed by atoms with Gasteiger partial charge in [-0.3, -0.25) is 0 Å². The number of hydrogen-bond donors (Lipinski definition) is 0. The molecule has 2 rings (SSSR count). The molecule has 0 bridgehead atoms. The van der Waals surface area contributed by atoms with Gasteiger partial charge in [0.05, 0.1) is 38.9 Å². The van der Waals surface area contributed by atoms with Crippen LogP contribution in [0.2, 0.25) is 0 Å². The number of rotatable bonds is 12. The maximum atomic E-state index is 5.49. The second kappa shape index (κ2) is 18.4. The van der Waals surface area contributed by atoms with E-state index in [1.807, 2.05) is 12.1 Å². The minimum atomic E-state index is 0. The molecule has 0 aliphatic rings. The third-order valence-corrected chi connectivity index (χ3v) is 3.52. The van der Waals surface area contributed by atoms with E-state index in [0.717, 1.165) is 35.8 Å². The molecule has 29 heavy (non-hydrogen) atoms. The number of hydrogen-bond acceptors (Lipinski definition) is 6. The molecule has 0 aromatic heterocycles. The molecule has 0 aliphatic heterocycles. The molecular weight excluding hydrogens is 385 g/mol. The summed E-state index contributed by atoms with van der Waals surface area (Å²) in [6, 6.07) is 16.7. The van der Waals surface area contributed by atoms with E-state index < -0.39 is 0 Å². The molecule has 156 valence electrons. The van der Waals surface area contributed by atoms with Crippen molar-refractivity contribution in [3.63, 3.8) is 0 Å². The van der Waals surface area contributed by atoms with Gasteiger partial charge < -0.3 is 28.4 Å². The van der Waals surface area contributed by atoms with E-state index in [-0.39, 0.29) is 23.1 Å². The zero-order valence-corrected chi connectivity index (χ0v) is 19.3. The monoisotopic (exact) mass is 414 g/mol. The molecule has 2 aromatic carbocycles. The first-order valence-electron chi connectivity index (χ1n) is 9.08. The van der Waals surface area contributed by atoms with Crippen molar-refractivity contribution < 1.29 is 28.4 Å². The largest absolute Gasteiger partial charge is 2.00 e. The van der Waals surface area contributed by atoms with Crippen molar-refractivity contribution in [3.8, 4) is 23.0 Å². The van der Waals surface area contributed by atoms with Crippen molar-refractivity contribution in [2.24, 2.45) is 0 Å². The molecule has 0 N–H and O–H groups in total. The molecule has 6 nitrogen and oxygen atoms in total. The van der Waals surface area contributed by atoms with Crippen LogP contribution in [0.5, 0.6) is 23.0 Å². The van der Waals surface area contributed by atoms with Crippen LogP contribution < -0.4 is 18.9 Å². The molecule has 0 spiro atoms. The molecular formula is C22H30MgO6. The second-order valence-electron chi connectivity index (χ2n) is 5.54. The van der Waals surface area contributed by atoms with Gasteiger partial charge in [-0.25, -0.2) is 0 Å². The van der Waals surface area contributed by atoms with Crippen LogP contribution in [0.1, 0.15) is 12.8 Å². The van der Waals surface area contributed by atoms with Crippen LogP contribution in [0, 0.1) is 12.1 Å². The van der Waals surface area contributed by atoms with Crippen LogP contribution >= 0.6 is 0 Å². The van der Waals surface area contributed by atoms with Crippen molar-refractivity contribution in [1.29, 1.82) is 0 Å². The number of methoxy groups -OCH3 is 4. The summed E-state index contributed by atoms with van der Waals surface area (Å²) >= 11 is 0. The summed E-state index contributed by atoms with van der Waals surface area (Å²) in [6.45, 7) is 2.67.